The molecule has 0 aromatic heterocycles. The van der Waals surface area contributed by atoms with Gasteiger partial charge in [-0.15, -0.1) is 23.5 Å². The number of fused-ring (bicyclic) bond motifs is 2. The lowest BCUT2D eigenvalue weighted by molar-refractivity contribution is 0.0725. The van der Waals surface area contributed by atoms with Crippen LogP contribution in [-0.4, -0.2) is 34.2 Å². The number of hydrogen-bond acceptors (Lipinski definition) is 8. The van der Waals surface area contributed by atoms with Gasteiger partial charge in [-0.05, 0) is 131 Å². The molecular formula is C37H28O6S2. The number of aromatic hydroxyl groups is 2. The molecule has 6 aromatic carbocycles. The number of carbonyl (C=O) groups is 2. The summed E-state index contributed by atoms with van der Waals surface area (Å²) in [5.74, 6) is 0.657. The molecule has 0 unspecified atom stereocenters. The van der Waals surface area contributed by atoms with Crippen LogP contribution in [0.15, 0.2) is 119 Å². The van der Waals surface area contributed by atoms with Crippen LogP contribution in [-0.2, 0) is 0 Å². The third-order valence-electron chi connectivity index (χ3n) is 7.34. The van der Waals surface area contributed by atoms with Crippen LogP contribution in [0.2, 0.25) is 0 Å². The van der Waals surface area contributed by atoms with Crippen molar-refractivity contribution in [1.82, 2.24) is 0 Å². The maximum Gasteiger partial charge on any atom is 0.343 e. The first-order valence-electron chi connectivity index (χ1n) is 14.2. The van der Waals surface area contributed by atoms with Gasteiger partial charge >= 0.3 is 11.9 Å². The van der Waals surface area contributed by atoms with Gasteiger partial charge in [-0.2, -0.15) is 0 Å². The predicted octanol–water partition coefficient (Wildman–Crippen LogP) is 9.34. The molecule has 0 heterocycles. The fraction of sp³-hybridized carbons (Fsp3) is 0.0811. The van der Waals surface area contributed by atoms with Crippen molar-refractivity contribution in [1.29, 1.82) is 0 Å². The topological polar surface area (TPSA) is 93.1 Å². The molecule has 0 aliphatic carbocycles. The summed E-state index contributed by atoms with van der Waals surface area (Å²) in [4.78, 5) is 27.7. The van der Waals surface area contributed by atoms with E-state index in [1.165, 1.54) is 0 Å². The minimum absolute atomic E-state index is 0.0238. The average molecular weight is 633 g/mol. The minimum atomic E-state index is -0.475. The van der Waals surface area contributed by atoms with E-state index in [4.69, 9.17) is 9.47 Å². The van der Waals surface area contributed by atoms with Crippen LogP contribution in [0.1, 0.15) is 27.6 Å². The monoisotopic (exact) mass is 632 g/mol. The summed E-state index contributed by atoms with van der Waals surface area (Å²) in [6, 6.07) is 31.3. The molecule has 0 bridgehead atoms. The van der Waals surface area contributed by atoms with Crippen molar-refractivity contribution in [2.45, 2.75) is 16.7 Å². The fourth-order valence-electron chi connectivity index (χ4n) is 5.16. The molecule has 6 aromatic rings. The molecule has 2 N–H and O–H groups in total. The number of rotatable bonds is 8. The summed E-state index contributed by atoms with van der Waals surface area (Å²) < 4.78 is 11.3. The fourth-order valence-corrected chi connectivity index (χ4v) is 6.23. The average Bonchev–Trinajstić information content (AvgIpc) is 3.06. The number of ether oxygens (including phenoxy) is 2. The Morgan fingerprint density at radius 1 is 0.600 bits per heavy atom. The van der Waals surface area contributed by atoms with Crippen molar-refractivity contribution in [3.63, 3.8) is 0 Å². The van der Waals surface area contributed by atoms with E-state index in [1.807, 2.05) is 30.5 Å². The molecule has 0 radical (unpaired) electrons. The van der Waals surface area contributed by atoms with Gasteiger partial charge < -0.3 is 19.7 Å². The van der Waals surface area contributed by atoms with Gasteiger partial charge in [-0.3, -0.25) is 0 Å². The number of carbonyl (C=O) groups excluding carboxylic acids is 2. The lowest BCUT2D eigenvalue weighted by Crippen LogP contribution is -2.08. The van der Waals surface area contributed by atoms with E-state index in [1.54, 1.807) is 108 Å². The zero-order valence-electron chi connectivity index (χ0n) is 24.4. The Kier molecular flexibility index (Phi) is 8.69. The maximum absolute atomic E-state index is 12.8. The predicted molar refractivity (Wildman–Crippen MR) is 181 cm³/mol. The van der Waals surface area contributed by atoms with Crippen molar-refractivity contribution in [2.75, 3.05) is 12.0 Å². The van der Waals surface area contributed by atoms with Crippen LogP contribution in [0.5, 0.6) is 23.0 Å². The molecule has 6 rings (SSSR count). The van der Waals surface area contributed by atoms with Crippen molar-refractivity contribution >= 4 is 57.0 Å². The van der Waals surface area contributed by atoms with Gasteiger partial charge in [0.05, 0.1) is 11.1 Å². The third-order valence-corrected chi connectivity index (χ3v) is 8.97. The third kappa shape index (κ3) is 6.34. The van der Waals surface area contributed by atoms with E-state index in [2.05, 4.69) is 6.92 Å². The summed E-state index contributed by atoms with van der Waals surface area (Å²) in [6.07, 6.45) is 1.97. The molecule has 0 aliphatic heterocycles. The molecule has 0 aliphatic rings. The standard InChI is InChI=1S/C37H28O6S2/c1-3-45-29-14-6-23(7-15-29)37(41)43-27-11-17-31-25(21-27)9-19-33(39)35(31)34-30-16-10-26(20-24(30)8-18-32(34)38)42-36(40)22-4-12-28(44-2)13-5-22/h4-21,38-39H,3H2,1-2H3. The Hall–Kier alpha value is -4.92. The van der Waals surface area contributed by atoms with Crippen LogP contribution < -0.4 is 9.47 Å². The van der Waals surface area contributed by atoms with Gasteiger partial charge in [0.1, 0.15) is 23.0 Å². The molecule has 8 heteroatoms. The molecule has 0 amide bonds. The van der Waals surface area contributed by atoms with Crippen molar-refractivity contribution in [3.05, 3.63) is 120 Å². The van der Waals surface area contributed by atoms with Crippen molar-refractivity contribution in [2.24, 2.45) is 0 Å². The molecular weight excluding hydrogens is 605 g/mol. The number of phenolic OH excluding ortho intramolecular Hbond substituents is 2. The highest BCUT2D eigenvalue weighted by Crippen LogP contribution is 2.45. The van der Waals surface area contributed by atoms with E-state index >= 15 is 0 Å². The van der Waals surface area contributed by atoms with E-state index in [-0.39, 0.29) is 11.5 Å². The molecule has 224 valence electrons. The number of benzene rings is 6. The molecule has 6 nitrogen and oxygen atoms in total. The van der Waals surface area contributed by atoms with Crippen LogP contribution in [0.4, 0.5) is 0 Å². The van der Waals surface area contributed by atoms with E-state index in [0.717, 1.165) is 15.5 Å². The molecule has 0 spiro atoms. The zero-order valence-corrected chi connectivity index (χ0v) is 26.1. The SMILES string of the molecule is CCSc1ccc(C(=O)Oc2ccc3c(-c4c(O)ccc5cc(OC(=O)c6ccc(SC)cc6)ccc45)c(O)ccc3c2)cc1. The molecule has 0 atom stereocenters. The normalized spacial score (nSPS) is 11.1. The summed E-state index contributed by atoms with van der Waals surface area (Å²) in [5.41, 5.74) is 1.74. The number of esters is 2. The van der Waals surface area contributed by atoms with Gasteiger partial charge in [-0.25, -0.2) is 9.59 Å². The van der Waals surface area contributed by atoms with E-state index < -0.39 is 11.9 Å². The molecule has 0 saturated carbocycles. The van der Waals surface area contributed by atoms with Crippen molar-refractivity contribution < 1.29 is 29.3 Å². The van der Waals surface area contributed by atoms with Gasteiger partial charge in [0.25, 0.3) is 0 Å². The second-order valence-corrected chi connectivity index (χ2v) is 12.4. The van der Waals surface area contributed by atoms with E-state index in [0.29, 0.717) is 55.3 Å². The lowest BCUT2D eigenvalue weighted by atomic mass is 9.92. The van der Waals surface area contributed by atoms with Gasteiger partial charge in [0.2, 0.25) is 0 Å². The molecule has 45 heavy (non-hydrogen) atoms. The quantitative estimate of drug-likeness (QED) is 0.0974. The highest BCUT2D eigenvalue weighted by Gasteiger charge is 2.19. The number of thioether (sulfide) groups is 2. The second-order valence-electron chi connectivity index (χ2n) is 10.2. The Labute approximate surface area is 268 Å². The van der Waals surface area contributed by atoms with Gasteiger partial charge in [0.15, 0.2) is 0 Å². The molecule has 0 saturated heterocycles. The Balaban J connectivity index is 1.31. The minimum Gasteiger partial charge on any atom is -0.507 e. The summed E-state index contributed by atoms with van der Waals surface area (Å²) in [5, 5.41) is 24.8. The van der Waals surface area contributed by atoms with Crippen LogP contribution in [0.25, 0.3) is 32.7 Å². The van der Waals surface area contributed by atoms with Crippen LogP contribution >= 0.6 is 23.5 Å². The summed E-state index contributed by atoms with van der Waals surface area (Å²) in [7, 11) is 0. The molecule has 0 fully saturated rings. The van der Waals surface area contributed by atoms with Gasteiger partial charge in [-0.1, -0.05) is 19.1 Å². The first kappa shape index (κ1) is 30.1. The Morgan fingerprint density at radius 3 is 1.47 bits per heavy atom. The summed E-state index contributed by atoms with van der Waals surface area (Å²) in [6.45, 7) is 2.07. The maximum atomic E-state index is 12.8. The van der Waals surface area contributed by atoms with E-state index in [9.17, 15) is 19.8 Å². The van der Waals surface area contributed by atoms with Crippen LogP contribution in [0.3, 0.4) is 0 Å². The van der Waals surface area contributed by atoms with Crippen LogP contribution in [0, 0.1) is 0 Å². The second kappa shape index (κ2) is 13.0. The van der Waals surface area contributed by atoms with Crippen molar-refractivity contribution in [3.8, 4) is 34.1 Å². The summed E-state index contributed by atoms with van der Waals surface area (Å²) >= 11 is 3.29. The number of phenols is 2. The largest absolute Gasteiger partial charge is 0.507 e. The first-order valence-corrected chi connectivity index (χ1v) is 16.4. The highest BCUT2D eigenvalue weighted by molar-refractivity contribution is 7.99. The Morgan fingerprint density at radius 2 is 1.04 bits per heavy atom. The smallest absolute Gasteiger partial charge is 0.343 e. The first-order chi connectivity index (χ1) is 21.8. The highest BCUT2D eigenvalue weighted by atomic mass is 32.2. The van der Waals surface area contributed by atoms with Gasteiger partial charge in [0, 0.05) is 20.9 Å². The zero-order chi connectivity index (χ0) is 31.5. The Bertz CT molecular complexity index is 2050. The number of hydrogen-bond donors (Lipinski definition) is 2. The lowest BCUT2D eigenvalue weighted by Gasteiger charge is -2.15.